The molecule has 0 aliphatic heterocycles. The first-order valence-corrected chi connectivity index (χ1v) is 7.32. The molecule has 0 aliphatic rings. The molecule has 0 saturated heterocycles. The summed E-state index contributed by atoms with van der Waals surface area (Å²) in [6, 6.07) is 7.57. The third-order valence-corrected chi connectivity index (χ3v) is 4.33. The highest BCUT2D eigenvalue weighted by atomic mass is 32.1. The molecule has 0 spiro atoms. The van der Waals surface area contributed by atoms with Crippen molar-refractivity contribution in [2.75, 3.05) is 0 Å². The number of hydrogen-bond donors (Lipinski definition) is 2. The summed E-state index contributed by atoms with van der Waals surface area (Å²) in [5.74, 6) is -0.0848. The van der Waals surface area contributed by atoms with Crippen LogP contribution in [0.3, 0.4) is 0 Å². The number of para-hydroxylation sites is 1. The van der Waals surface area contributed by atoms with E-state index in [9.17, 15) is 4.79 Å². The van der Waals surface area contributed by atoms with Crippen LogP contribution in [0.4, 0.5) is 0 Å². The van der Waals surface area contributed by atoms with Crippen molar-refractivity contribution in [3.63, 3.8) is 0 Å². The maximum atomic E-state index is 12.4. The van der Waals surface area contributed by atoms with Gasteiger partial charge in [0.25, 0.3) is 5.91 Å². The van der Waals surface area contributed by atoms with Crippen LogP contribution >= 0.6 is 11.3 Å². The number of H-pyrrole nitrogens is 1. The van der Waals surface area contributed by atoms with E-state index < -0.39 is 0 Å². The highest BCUT2D eigenvalue weighted by Gasteiger charge is 2.16. The van der Waals surface area contributed by atoms with Crippen LogP contribution in [0.1, 0.15) is 34.0 Å². The summed E-state index contributed by atoms with van der Waals surface area (Å²) in [7, 11) is 0. The maximum absolute atomic E-state index is 12.4. The van der Waals surface area contributed by atoms with Gasteiger partial charge < -0.3 is 10.3 Å². The molecule has 3 rings (SSSR count). The number of fused-ring (bicyclic) bond motifs is 1. The zero-order chi connectivity index (χ0) is 14.1. The fraction of sp³-hybridized carbons (Fsp3) is 0.200. The summed E-state index contributed by atoms with van der Waals surface area (Å²) >= 11 is 1.57. The first-order chi connectivity index (χ1) is 9.65. The monoisotopic (exact) mass is 285 g/mol. The predicted octanol–water partition coefficient (Wildman–Crippen LogP) is 3.42. The Morgan fingerprint density at radius 1 is 1.40 bits per heavy atom. The number of carbonyl (C=O) groups is 1. The van der Waals surface area contributed by atoms with Crippen molar-refractivity contribution in [3.8, 4) is 0 Å². The molecular weight excluding hydrogens is 270 g/mol. The second-order valence-corrected chi connectivity index (χ2v) is 5.66. The summed E-state index contributed by atoms with van der Waals surface area (Å²) in [6.45, 7) is 3.90. The van der Waals surface area contributed by atoms with E-state index >= 15 is 0 Å². The molecule has 0 fully saturated rings. The van der Waals surface area contributed by atoms with Gasteiger partial charge in [0.05, 0.1) is 17.1 Å². The van der Waals surface area contributed by atoms with Gasteiger partial charge in [-0.05, 0) is 26.0 Å². The van der Waals surface area contributed by atoms with Crippen molar-refractivity contribution in [3.05, 3.63) is 52.1 Å². The molecule has 0 radical (unpaired) electrons. The summed E-state index contributed by atoms with van der Waals surface area (Å²) < 4.78 is 0. The standard InChI is InChI=1S/C15H15N3OS/c1-9-8-20-15(17-9)10(2)18-14(19)12-5-3-4-11-6-7-16-13(11)12/h3-8,10,16H,1-2H3,(H,18,19). The number of benzene rings is 1. The Balaban J connectivity index is 1.84. The van der Waals surface area contributed by atoms with Crippen molar-refractivity contribution in [2.24, 2.45) is 0 Å². The lowest BCUT2D eigenvalue weighted by atomic mass is 10.1. The van der Waals surface area contributed by atoms with Gasteiger partial charge in [0.2, 0.25) is 0 Å². The van der Waals surface area contributed by atoms with Gasteiger partial charge in [0.15, 0.2) is 0 Å². The quantitative estimate of drug-likeness (QED) is 0.774. The van der Waals surface area contributed by atoms with Crippen molar-refractivity contribution < 1.29 is 4.79 Å². The number of aryl methyl sites for hydroxylation is 1. The van der Waals surface area contributed by atoms with Gasteiger partial charge in [-0.25, -0.2) is 4.98 Å². The molecule has 1 atom stereocenters. The van der Waals surface area contributed by atoms with Gasteiger partial charge in [0, 0.05) is 22.7 Å². The van der Waals surface area contributed by atoms with Crippen molar-refractivity contribution in [2.45, 2.75) is 19.9 Å². The van der Waals surface area contributed by atoms with Gasteiger partial charge in [-0.3, -0.25) is 4.79 Å². The molecule has 5 heteroatoms. The van der Waals surface area contributed by atoms with Crippen LogP contribution in [-0.4, -0.2) is 15.9 Å². The normalized spacial score (nSPS) is 12.5. The molecule has 4 nitrogen and oxygen atoms in total. The third kappa shape index (κ3) is 2.32. The molecular formula is C15H15N3OS. The Hall–Kier alpha value is -2.14. The third-order valence-electron chi connectivity index (χ3n) is 3.19. The van der Waals surface area contributed by atoms with Crippen LogP contribution in [-0.2, 0) is 0 Å². The smallest absolute Gasteiger partial charge is 0.253 e. The van der Waals surface area contributed by atoms with Crippen molar-refractivity contribution >= 4 is 28.1 Å². The Labute approximate surface area is 120 Å². The largest absolute Gasteiger partial charge is 0.361 e. The summed E-state index contributed by atoms with van der Waals surface area (Å²) in [5, 5.41) is 6.95. The number of aromatic amines is 1. The molecule has 1 aromatic carbocycles. The van der Waals surface area contributed by atoms with E-state index in [0.717, 1.165) is 21.6 Å². The number of carbonyl (C=O) groups excluding carboxylic acids is 1. The van der Waals surface area contributed by atoms with E-state index in [1.54, 1.807) is 11.3 Å². The molecule has 2 N–H and O–H groups in total. The molecule has 0 aliphatic carbocycles. The van der Waals surface area contributed by atoms with E-state index in [1.165, 1.54) is 0 Å². The summed E-state index contributed by atoms with van der Waals surface area (Å²) in [4.78, 5) is 19.9. The zero-order valence-corrected chi connectivity index (χ0v) is 12.1. The first-order valence-electron chi connectivity index (χ1n) is 6.44. The average molecular weight is 285 g/mol. The van der Waals surface area contributed by atoms with E-state index in [1.807, 2.05) is 49.7 Å². The van der Waals surface area contributed by atoms with Gasteiger partial charge in [-0.1, -0.05) is 12.1 Å². The minimum absolute atomic E-state index is 0.0848. The van der Waals surface area contributed by atoms with Crippen LogP contribution in [0.5, 0.6) is 0 Å². The van der Waals surface area contributed by atoms with E-state index in [2.05, 4.69) is 15.3 Å². The van der Waals surface area contributed by atoms with Crippen LogP contribution < -0.4 is 5.32 Å². The van der Waals surface area contributed by atoms with Crippen LogP contribution in [0.25, 0.3) is 10.9 Å². The lowest BCUT2D eigenvalue weighted by Crippen LogP contribution is -2.26. The fourth-order valence-corrected chi connectivity index (χ4v) is 2.99. The SMILES string of the molecule is Cc1csc(C(C)NC(=O)c2cccc3cc[nH]c23)n1. The second-order valence-electron chi connectivity index (χ2n) is 4.77. The molecule has 20 heavy (non-hydrogen) atoms. The molecule has 1 unspecified atom stereocenters. The first kappa shape index (κ1) is 12.9. The summed E-state index contributed by atoms with van der Waals surface area (Å²) in [6.07, 6.45) is 1.84. The highest BCUT2D eigenvalue weighted by Crippen LogP contribution is 2.20. The predicted molar refractivity (Wildman–Crippen MR) is 81.0 cm³/mol. The Bertz CT molecular complexity index is 759. The number of thiazole rings is 1. The number of nitrogens with zero attached hydrogens (tertiary/aromatic N) is 1. The number of aromatic nitrogens is 2. The van der Waals surface area contributed by atoms with E-state index in [4.69, 9.17) is 0 Å². The molecule has 2 heterocycles. The fourth-order valence-electron chi connectivity index (χ4n) is 2.18. The van der Waals surface area contributed by atoms with E-state index in [0.29, 0.717) is 5.56 Å². The van der Waals surface area contributed by atoms with Crippen molar-refractivity contribution in [1.82, 2.24) is 15.3 Å². The molecule has 2 aromatic heterocycles. The average Bonchev–Trinajstić information content (AvgIpc) is 3.06. The second kappa shape index (κ2) is 5.09. The lowest BCUT2D eigenvalue weighted by Gasteiger charge is -2.11. The van der Waals surface area contributed by atoms with Gasteiger partial charge in [-0.2, -0.15) is 0 Å². The Kier molecular flexibility index (Phi) is 3.28. The van der Waals surface area contributed by atoms with Crippen LogP contribution in [0, 0.1) is 6.92 Å². The van der Waals surface area contributed by atoms with Crippen molar-refractivity contribution in [1.29, 1.82) is 0 Å². The lowest BCUT2D eigenvalue weighted by molar-refractivity contribution is 0.0941. The van der Waals surface area contributed by atoms with Crippen LogP contribution in [0.15, 0.2) is 35.8 Å². The molecule has 3 aromatic rings. The molecule has 102 valence electrons. The minimum atomic E-state index is -0.0913. The molecule has 0 bridgehead atoms. The van der Waals surface area contributed by atoms with Gasteiger partial charge >= 0.3 is 0 Å². The summed E-state index contributed by atoms with van der Waals surface area (Å²) in [5.41, 5.74) is 2.51. The zero-order valence-electron chi connectivity index (χ0n) is 11.3. The highest BCUT2D eigenvalue weighted by molar-refractivity contribution is 7.09. The minimum Gasteiger partial charge on any atom is -0.361 e. The number of rotatable bonds is 3. The number of nitrogens with one attached hydrogen (secondary N) is 2. The topological polar surface area (TPSA) is 57.8 Å². The number of amides is 1. The van der Waals surface area contributed by atoms with Crippen LogP contribution in [0.2, 0.25) is 0 Å². The molecule has 1 amide bonds. The van der Waals surface area contributed by atoms with E-state index in [-0.39, 0.29) is 11.9 Å². The Morgan fingerprint density at radius 2 is 2.25 bits per heavy atom. The molecule has 0 saturated carbocycles. The maximum Gasteiger partial charge on any atom is 0.253 e. The number of hydrogen-bond acceptors (Lipinski definition) is 3. The van der Waals surface area contributed by atoms with Gasteiger partial charge in [0.1, 0.15) is 5.01 Å². The van der Waals surface area contributed by atoms with Gasteiger partial charge in [-0.15, -0.1) is 11.3 Å². The Morgan fingerprint density at radius 3 is 3.00 bits per heavy atom.